The molecule has 0 aliphatic carbocycles. The fraction of sp³-hybridized carbons (Fsp3) is 0.562. The summed E-state index contributed by atoms with van der Waals surface area (Å²) in [4.78, 5) is 14.3. The van der Waals surface area contributed by atoms with E-state index in [1.807, 2.05) is 36.1 Å². The van der Waals surface area contributed by atoms with Gasteiger partial charge < -0.3 is 15.4 Å². The van der Waals surface area contributed by atoms with E-state index < -0.39 is 0 Å². The van der Waals surface area contributed by atoms with Crippen molar-refractivity contribution in [3.05, 3.63) is 29.8 Å². The first-order valence-electron chi connectivity index (χ1n) is 7.26. The van der Waals surface area contributed by atoms with Crippen LogP contribution in [0.4, 0.5) is 0 Å². The number of rotatable bonds is 4. The van der Waals surface area contributed by atoms with Crippen LogP contribution in [0.3, 0.4) is 0 Å². The van der Waals surface area contributed by atoms with Crippen molar-refractivity contribution >= 4 is 5.91 Å². The molecular weight excluding hydrogens is 252 g/mol. The van der Waals surface area contributed by atoms with Gasteiger partial charge in [0.2, 0.25) is 5.91 Å². The lowest BCUT2D eigenvalue weighted by Gasteiger charge is -2.34. The standard InChI is InChI=1S/C16H24N2O2/c1-12(17)14-4-3-9-18(11-14)16(19)10-13-5-7-15(20-2)8-6-13/h5-8,12,14H,3-4,9-11,17H2,1-2H3. The van der Waals surface area contributed by atoms with Gasteiger partial charge in [0.15, 0.2) is 0 Å². The highest BCUT2D eigenvalue weighted by Crippen LogP contribution is 2.20. The Bertz CT molecular complexity index is 442. The number of carbonyl (C=O) groups excluding carboxylic acids is 1. The summed E-state index contributed by atoms with van der Waals surface area (Å²) in [5, 5.41) is 0. The molecule has 1 heterocycles. The molecule has 1 fully saturated rings. The molecule has 0 aromatic heterocycles. The Morgan fingerprint density at radius 3 is 2.75 bits per heavy atom. The molecular formula is C16H24N2O2. The van der Waals surface area contributed by atoms with Gasteiger partial charge in [-0.15, -0.1) is 0 Å². The largest absolute Gasteiger partial charge is 0.497 e. The molecule has 2 rings (SSSR count). The predicted octanol–water partition coefficient (Wildman–Crippen LogP) is 1.82. The summed E-state index contributed by atoms with van der Waals surface area (Å²) in [5.41, 5.74) is 6.99. The normalized spacial score (nSPS) is 20.6. The van der Waals surface area contributed by atoms with Crippen molar-refractivity contribution in [2.45, 2.75) is 32.2 Å². The van der Waals surface area contributed by atoms with Crippen LogP contribution in [-0.4, -0.2) is 37.0 Å². The number of ether oxygens (including phenoxy) is 1. The van der Waals surface area contributed by atoms with Crippen LogP contribution in [0, 0.1) is 5.92 Å². The zero-order valence-corrected chi connectivity index (χ0v) is 12.3. The molecule has 0 bridgehead atoms. The molecule has 110 valence electrons. The Hall–Kier alpha value is -1.55. The van der Waals surface area contributed by atoms with Crippen molar-refractivity contribution in [1.82, 2.24) is 4.90 Å². The Labute approximate surface area is 120 Å². The lowest BCUT2D eigenvalue weighted by atomic mass is 9.92. The van der Waals surface area contributed by atoms with Gasteiger partial charge >= 0.3 is 0 Å². The summed E-state index contributed by atoms with van der Waals surface area (Å²) in [6.45, 7) is 3.69. The van der Waals surface area contributed by atoms with Gasteiger partial charge in [0.1, 0.15) is 5.75 Å². The molecule has 1 aromatic carbocycles. The summed E-state index contributed by atoms with van der Waals surface area (Å²) < 4.78 is 5.12. The zero-order valence-electron chi connectivity index (χ0n) is 12.3. The van der Waals surface area contributed by atoms with Gasteiger partial charge in [-0.1, -0.05) is 12.1 Å². The van der Waals surface area contributed by atoms with Crippen molar-refractivity contribution in [3.63, 3.8) is 0 Å². The van der Waals surface area contributed by atoms with Crippen LogP contribution in [0.2, 0.25) is 0 Å². The van der Waals surface area contributed by atoms with E-state index in [-0.39, 0.29) is 11.9 Å². The first-order valence-corrected chi connectivity index (χ1v) is 7.26. The summed E-state index contributed by atoms with van der Waals surface area (Å²) >= 11 is 0. The van der Waals surface area contributed by atoms with Crippen molar-refractivity contribution in [2.24, 2.45) is 11.7 Å². The highest BCUT2D eigenvalue weighted by molar-refractivity contribution is 5.78. The van der Waals surface area contributed by atoms with E-state index in [0.29, 0.717) is 12.3 Å². The molecule has 2 atom stereocenters. The monoisotopic (exact) mass is 276 g/mol. The maximum Gasteiger partial charge on any atom is 0.226 e. The van der Waals surface area contributed by atoms with Crippen LogP contribution in [-0.2, 0) is 11.2 Å². The number of methoxy groups -OCH3 is 1. The summed E-state index contributed by atoms with van der Waals surface area (Å²) in [6.07, 6.45) is 2.64. The van der Waals surface area contributed by atoms with Crippen LogP contribution in [0.25, 0.3) is 0 Å². The third-order valence-electron chi connectivity index (χ3n) is 4.07. The van der Waals surface area contributed by atoms with Gasteiger partial charge in [0, 0.05) is 19.1 Å². The molecule has 2 unspecified atom stereocenters. The smallest absolute Gasteiger partial charge is 0.226 e. The fourth-order valence-corrected chi connectivity index (χ4v) is 2.70. The third-order valence-corrected chi connectivity index (χ3v) is 4.07. The van der Waals surface area contributed by atoms with Crippen molar-refractivity contribution in [3.8, 4) is 5.75 Å². The van der Waals surface area contributed by atoms with E-state index in [1.165, 1.54) is 0 Å². The number of likely N-dealkylation sites (tertiary alicyclic amines) is 1. The summed E-state index contributed by atoms with van der Waals surface area (Å²) in [6, 6.07) is 7.84. The Balaban J connectivity index is 1.93. The molecule has 1 aliphatic rings. The van der Waals surface area contributed by atoms with Crippen LogP contribution < -0.4 is 10.5 Å². The lowest BCUT2D eigenvalue weighted by molar-refractivity contribution is -0.132. The average molecular weight is 276 g/mol. The number of carbonyl (C=O) groups is 1. The van der Waals surface area contributed by atoms with E-state index >= 15 is 0 Å². The minimum Gasteiger partial charge on any atom is -0.497 e. The number of hydrogen-bond acceptors (Lipinski definition) is 3. The molecule has 4 nitrogen and oxygen atoms in total. The number of benzene rings is 1. The van der Waals surface area contributed by atoms with Crippen LogP contribution in [0.5, 0.6) is 5.75 Å². The highest BCUT2D eigenvalue weighted by Gasteiger charge is 2.25. The highest BCUT2D eigenvalue weighted by atomic mass is 16.5. The quantitative estimate of drug-likeness (QED) is 0.912. The second-order valence-electron chi connectivity index (χ2n) is 5.63. The minimum absolute atomic E-state index is 0.159. The molecule has 1 aliphatic heterocycles. The molecule has 20 heavy (non-hydrogen) atoms. The number of nitrogens with zero attached hydrogens (tertiary/aromatic N) is 1. The molecule has 0 spiro atoms. The lowest BCUT2D eigenvalue weighted by Crippen LogP contribution is -2.45. The maximum atomic E-state index is 12.3. The summed E-state index contributed by atoms with van der Waals surface area (Å²) in [7, 11) is 1.64. The second kappa shape index (κ2) is 6.75. The number of piperidine rings is 1. The first-order chi connectivity index (χ1) is 9.60. The average Bonchev–Trinajstić information content (AvgIpc) is 2.48. The zero-order chi connectivity index (χ0) is 14.5. The van der Waals surface area contributed by atoms with Crippen molar-refractivity contribution in [2.75, 3.05) is 20.2 Å². The van der Waals surface area contributed by atoms with Gasteiger partial charge in [0.25, 0.3) is 0 Å². The van der Waals surface area contributed by atoms with Gasteiger partial charge in [-0.05, 0) is 43.4 Å². The molecule has 0 saturated carbocycles. The number of amides is 1. The molecule has 0 radical (unpaired) electrons. The minimum atomic E-state index is 0.159. The second-order valence-corrected chi connectivity index (χ2v) is 5.63. The maximum absolute atomic E-state index is 12.3. The molecule has 4 heteroatoms. The Morgan fingerprint density at radius 2 is 2.15 bits per heavy atom. The van der Waals surface area contributed by atoms with Crippen LogP contribution >= 0.6 is 0 Å². The van der Waals surface area contributed by atoms with Gasteiger partial charge in [-0.25, -0.2) is 0 Å². The Morgan fingerprint density at radius 1 is 1.45 bits per heavy atom. The molecule has 1 amide bonds. The van der Waals surface area contributed by atoms with E-state index in [0.717, 1.165) is 37.2 Å². The van der Waals surface area contributed by atoms with E-state index in [4.69, 9.17) is 10.5 Å². The molecule has 1 saturated heterocycles. The summed E-state index contributed by atoms with van der Waals surface area (Å²) in [5.74, 6) is 1.44. The topological polar surface area (TPSA) is 55.6 Å². The third kappa shape index (κ3) is 3.73. The van der Waals surface area contributed by atoms with Gasteiger partial charge in [-0.2, -0.15) is 0 Å². The number of nitrogens with two attached hydrogens (primary N) is 1. The SMILES string of the molecule is COc1ccc(CC(=O)N2CCCC(C(C)N)C2)cc1. The first kappa shape index (κ1) is 14.9. The van der Waals surface area contributed by atoms with Gasteiger partial charge in [0.05, 0.1) is 13.5 Å². The van der Waals surface area contributed by atoms with Crippen LogP contribution in [0.15, 0.2) is 24.3 Å². The van der Waals surface area contributed by atoms with E-state index in [1.54, 1.807) is 7.11 Å². The van der Waals surface area contributed by atoms with Gasteiger partial charge in [-0.3, -0.25) is 4.79 Å². The Kier molecular flexibility index (Phi) is 5.01. The van der Waals surface area contributed by atoms with Crippen LogP contribution in [0.1, 0.15) is 25.3 Å². The van der Waals surface area contributed by atoms with E-state index in [9.17, 15) is 4.79 Å². The predicted molar refractivity (Wildman–Crippen MR) is 79.7 cm³/mol. The fourth-order valence-electron chi connectivity index (χ4n) is 2.70. The van der Waals surface area contributed by atoms with Crippen molar-refractivity contribution < 1.29 is 9.53 Å². The molecule has 2 N–H and O–H groups in total. The number of hydrogen-bond donors (Lipinski definition) is 1. The van der Waals surface area contributed by atoms with E-state index in [2.05, 4.69) is 0 Å². The molecule has 1 aromatic rings. The van der Waals surface area contributed by atoms with Crippen molar-refractivity contribution in [1.29, 1.82) is 0 Å².